The van der Waals surface area contributed by atoms with Crippen LogP contribution in [0.3, 0.4) is 0 Å². The first-order chi connectivity index (χ1) is 17.7. The van der Waals surface area contributed by atoms with Gasteiger partial charge in [0.25, 0.3) is 5.91 Å². The Hall–Kier alpha value is -4.25. The number of aliphatic imine (C=N–C) groups is 1. The summed E-state index contributed by atoms with van der Waals surface area (Å²) >= 11 is 0. The van der Waals surface area contributed by atoms with Crippen molar-refractivity contribution in [3.63, 3.8) is 0 Å². The molecule has 5 rings (SSSR count). The molecule has 1 amide bonds. The number of hydrogen-bond donors (Lipinski definition) is 2. The summed E-state index contributed by atoms with van der Waals surface area (Å²) in [5, 5.41) is 17.8. The third-order valence-electron chi connectivity index (χ3n) is 5.98. The molecule has 1 atom stereocenters. The summed E-state index contributed by atoms with van der Waals surface area (Å²) < 4.78 is 28.8. The third-order valence-corrected chi connectivity index (χ3v) is 5.98. The summed E-state index contributed by atoms with van der Waals surface area (Å²) in [5.41, 5.74) is 4.10. The Morgan fingerprint density at radius 1 is 1.19 bits per heavy atom. The number of rotatable bonds is 7. The Labute approximate surface area is 211 Å². The van der Waals surface area contributed by atoms with E-state index < -0.39 is 23.6 Å². The molecule has 2 aromatic carbocycles. The normalized spacial score (nSPS) is 14.3. The zero-order chi connectivity index (χ0) is 26.3. The highest BCUT2D eigenvalue weighted by molar-refractivity contribution is 5.95. The van der Waals surface area contributed by atoms with Crippen molar-refractivity contribution in [3.8, 4) is 5.69 Å². The standard InChI is InChI=1S/C26H25F2N7O2/c1-14-8-19(32-26(37)24(36)16-9-17(27)11-18(28)10-16)6-7-20(14)35-23-22(21(33-35)15-4-5-15)29-12-30-25(23)31-13-34(2)3/h6-13,15,24,36H,4-5H2,1-3H3,(H,32,37). The molecule has 1 aliphatic carbocycles. The van der Waals surface area contributed by atoms with Gasteiger partial charge in [-0.1, -0.05) is 0 Å². The van der Waals surface area contributed by atoms with E-state index in [9.17, 15) is 18.7 Å². The van der Waals surface area contributed by atoms with Gasteiger partial charge >= 0.3 is 0 Å². The highest BCUT2D eigenvalue weighted by Gasteiger charge is 2.31. The van der Waals surface area contributed by atoms with Crippen molar-refractivity contribution in [2.75, 3.05) is 19.4 Å². The molecule has 11 heteroatoms. The van der Waals surface area contributed by atoms with Crippen LogP contribution in [0, 0.1) is 18.6 Å². The lowest BCUT2D eigenvalue weighted by molar-refractivity contribution is -0.124. The van der Waals surface area contributed by atoms with Gasteiger partial charge < -0.3 is 15.3 Å². The number of amides is 1. The summed E-state index contributed by atoms with van der Waals surface area (Å²) in [4.78, 5) is 27.8. The SMILES string of the molecule is Cc1cc(NC(=O)C(O)c2cc(F)cc(F)c2)ccc1-n1nc(C2CC2)c2ncnc(N=CN(C)C)c21. The Morgan fingerprint density at radius 2 is 1.92 bits per heavy atom. The van der Waals surface area contributed by atoms with E-state index in [1.165, 1.54) is 6.33 Å². The number of aryl methyl sites for hydroxylation is 1. The lowest BCUT2D eigenvalue weighted by atomic mass is 10.1. The highest BCUT2D eigenvalue weighted by Crippen LogP contribution is 2.43. The maximum Gasteiger partial charge on any atom is 0.257 e. The Balaban J connectivity index is 1.48. The van der Waals surface area contributed by atoms with Gasteiger partial charge in [-0.3, -0.25) is 4.79 Å². The molecule has 0 saturated heterocycles. The van der Waals surface area contributed by atoms with Crippen LogP contribution < -0.4 is 5.32 Å². The zero-order valence-corrected chi connectivity index (χ0v) is 20.5. The maximum absolute atomic E-state index is 13.5. The van der Waals surface area contributed by atoms with E-state index in [-0.39, 0.29) is 5.56 Å². The lowest BCUT2D eigenvalue weighted by Gasteiger charge is -2.14. The number of nitrogens with one attached hydrogen (secondary N) is 1. The van der Waals surface area contributed by atoms with Crippen LogP contribution in [0.4, 0.5) is 20.3 Å². The fourth-order valence-electron chi connectivity index (χ4n) is 4.09. The predicted octanol–water partition coefficient (Wildman–Crippen LogP) is 4.17. The number of benzene rings is 2. The summed E-state index contributed by atoms with van der Waals surface area (Å²) in [6, 6.07) is 7.68. The second kappa shape index (κ2) is 9.66. The molecule has 2 N–H and O–H groups in total. The first-order valence-corrected chi connectivity index (χ1v) is 11.7. The molecular formula is C26H25F2N7O2. The van der Waals surface area contributed by atoms with Gasteiger partial charge in [-0.2, -0.15) is 5.10 Å². The van der Waals surface area contributed by atoms with Crippen molar-refractivity contribution in [1.29, 1.82) is 0 Å². The minimum absolute atomic E-state index is 0.176. The third kappa shape index (κ3) is 5.03. The first-order valence-electron chi connectivity index (χ1n) is 11.7. The largest absolute Gasteiger partial charge is 0.378 e. The Kier molecular flexibility index (Phi) is 6.38. The van der Waals surface area contributed by atoms with Crippen molar-refractivity contribution < 1.29 is 18.7 Å². The molecule has 1 unspecified atom stereocenters. The summed E-state index contributed by atoms with van der Waals surface area (Å²) in [6.07, 6.45) is 3.51. The van der Waals surface area contributed by atoms with Crippen molar-refractivity contribution in [1.82, 2.24) is 24.6 Å². The van der Waals surface area contributed by atoms with Crippen LogP contribution in [0.1, 0.15) is 41.7 Å². The van der Waals surface area contributed by atoms with E-state index in [0.29, 0.717) is 29.0 Å². The summed E-state index contributed by atoms with van der Waals surface area (Å²) in [7, 11) is 3.74. The average molecular weight is 506 g/mol. The number of aromatic nitrogens is 4. The van der Waals surface area contributed by atoms with Gasteiger partial charge in [-0.25, -0.2) is 28.4 Å². The number of aliphatic hydroxyl groups excluding tert-OH is 1. The van der Waals surface area contributed by atoms with Crippen molar-refractivity contribution >= 4 is 34.8 Å². The molecule has 4 aromatic rings. The number of aliphatic hydroxyl groups is 1. The number of carbonyl (C=O) groups is 1. The zero-order valence-electron chi connectivity index (χ0n) is 20.5. The average Bonchev–Trinajstić information content (AvgIpc) is 3.62. The van der Waals surface area contributed by atoms with E-state index in [4.69, 9.17) is 5.10 Å². The molecule has 9 nitrogen and oxygen atoms in total. The number of carbonyl (C=O) groups excluding carboxylic acids is 1. The summed E-state index contributed by atoms with van der Waals surface area (Å²) in [5.74, 6) is -1.74. The maximum atomic E-state index is 13.5. The highest BCUT2D eigenvalue weighted by atomic mass is 19.1. The quantitative estimate of drug-likeness (QED) is 0.288. The number of halogens is 2. The fraction of sp³-hybridized carbons (Fsp3) is 0.269. The number of anilines is 1. The van der Waals surface area contributed by atoms with Crippen LogP contribution >= 0.6 is 0 Å². The van der Waals surface area contributed by atoms with E-state index in [1.54, 1.807) is 29.2 Å². The molecule has 1 fully saturated rings. The van der Waals surface area contributed by atoms with Gasteiger partial charge in [-0.05, 0) is 61.2 Å². The molecule has 1 saturated carbocycles. The van der Waals surface area contributed by atoms with E-state index in [2.05, 4.69) is 20.3 Å². The smallest absolute Gasteiger partial charge is 0.257 e. The summed E-state index contributed by atoms with van der Waals surface area (Å²) in [6.45, 7) is 1.86. The van der Waals surface area contributed by atoms with Gasteiger partial charge in [0.15, 0.2) is 11.9 Å². The van der Waals surface area contributed by atoms with E-state index >= 15 is 0 Å². The van der Waals surface area contributed by atoms with Gasteiger partial charge in [0.2, 0.25) is 0 Å². The van der Waals surface area contributed by atoms with Crippen LogP contribution in [-0.4, -0.2) is 56.1 Å². The Bertz CT molecular complexity index is 1510. The van der Waals surface area contributed by atoms with Gasteiger partial charge in [0, 0.05) is 31.8 Å². The van der Waals surface area contributed by atoms with E-state index in [0.717, 1.165) is 47.4 Å². The second-order valence-corrected chi connectivity index (χ2v) is 9.27. The topological polar surface area (TPSA) is 109 Å². The number of nitrogens with zero attached hydrogens (tertiary/aromatic N) is 6. The minimum Gasteiger partial charge on any atom is -0.378 e. The Morgan fingerprint density at radius 3 is 2.57 bits per heavy atom. The van der Waals surface area contributed by atoms with Crippen LogP contribution in [0.2, 0.25) is 0 Å². The second-order valence-electron chi connectivity index (χ2n) is 9.27. The number of fused-ring (bicyclic) bond motifs is 1. The van der Waals surface area contributed by atoms with Crippen molar-refractivity contribution in [2.24, 2.45) is 4.99 Å². The monoisotopic (exact) mass is 505 g/mol. The van der Waals surface area contributed by atoms with Gasteiger partial charge in [0.05, 0.1) is 17.7 Å². The van der Waals surface area contributed by atoms with E-state index in [1.807, 2.05) is 25.9 Å². The van der Waals surface area contributed by atoms with Crippen LogP contribution in [0.5, 0.6) is 0 Å². The minimum atomic E-state index is -1.74. The predicted molar refractivity (Wildman–Crippen MR) is 135 cm³/mol. The molecule has 0 aliphatic heterocycles. The van der Waals surface area contributed by atoms with Crippen molar-refractivity contribution in [2.45, 2.75) is 31.8 Å². The van der Waals surface area contributed by atoms with Gasteiger partial charge in [0.1, 0.15) is 29.0 Å². The molecule has 2 aromatic heterocycles. The first kappa shape index (κ1) is 24.4. The van der Waals surface area contributed by atoms with Gasteiger partial charge in [-0.15, -0.1) is 0 Å². The lowest BCUT2D eigenvalue weighted by Crippen LogP contribution is -2.21. The molecule has 1 aliphatic rings. The molecular weight excluding hydrogens is 480 g/mol. The van der Waals surface area contributed by atoms with Crippen LogP contribution in [-0.2, 0) is 4.79 Å². The van der Waals surface area contributed by atoms with Crippen molar-refractivity contribution in [3.05, 3.63) is 71.2 Å². The molecule has 190 valence electrons. The van der Waals surface area contributed by atoms with Crippen LogP contribution in [0.25, 0.3) is 16.7 Å². The molecule has 0 radical (unpaired) electrons. The van der Waals surface area contributed by atoms with Crippen LogP contribution in [0.15, 0.2) is 47.7 Å². The molecule has 0 bridgehead atoms. The number of hydrogen-bond acceptors (Lipinski definition) is 6. The molecule has 37 heavy (non-hydrogen) atoms. The molecule has 2 heterocycles. The molecule has 0 spiro atoms. The fourth-order valence-corrected chi connectivity index (χ4v) is 4.09.